The third kappa shape index (κ3) is 4.41. The summed E-state index contributed by atoms with van der Waals surface area (Å²) in [5, 5.41) is 7.36. The molecule has 138 valence electrons. The van der Waals surface area contributed by atoms with Crippen molar-refractivity contribution in [1.82, 2.24) is 15.1 Å². The second-order valence-corrected chi connectivity index (χ2v) is 6.43. The number of rotatable bonds is 5. The van der Waals surface area contributed by atoms with E-state index >= 15 is 0 Å². The number of benzene rings is 2. The maximum Gasteiger partial charge on any atom is 0.275 e. The lowest BCUT2D eigenvalue weighted by atomic mass is 10.1. The van der Waals surface area contributed by atoms with E-state index in [1.54, 1.807) is 25.1 Å². The molecule has 0 aliphatic carbocycles. The molecule has 1 N–H and O–H groups in total. The Kier molecular flexibility index (Phi) is 5.66. The van der Waals surface area contributed by atoms with Crippen molar-refractivity contribution in [3.05, 3.63) is 92.6 Å². The van der Waals surface area contributed by atoms with Crippen molar-refractivity contribution >= 4 is 17.5 Å². The fourth-order valence-electron chi connectivity index (χ4n) is 2.67. The van der Waals surface area contributed by atoms with Crippen molar-refractivity contribution in [3.8, 4) is 5.69 Å². The number of halogens is 2. The van der Waals surface area contributed by atoms with Crippen LogP contribution < -0.4 is 10.7 Å². The van der Waals surface area contributed by atoms with Crippen LogP contribution in [-0.2, 0) is 6.42 Å². The normalized spacial score (nSPS) is 10.6. The molecule has 7 heteroatoms. The first kappa shape index (κ1) is 18.8. The highest BCUT2D eigenvalue weighted by molar-refractivity contribution is 6.30. The fourth-order valence-corrected chi connectivity index (χ4v) is 2.88. The molecule has 0 saturated heterocycles. The van der Waals surface area contributed by atoms with Crippen LogP contribution in [0.3, 0.4) is 0 Å². The van der Waals surface area contributed by atoms with Gasteiger partial charge in [0, 0.05) is 23.3 Å². The summed E-state index contributed by atoms with van der Waals surface area (Å²) in [7, 11) is 0. The SMILES string of the molecule is Cc1cc(=O)c(C(=O)NCCc2cccc(Cl)c2)nn1-c1ccccc1F. The summed E-state index contributed by atoms with van der Waals surface area (Å²) in [6, 6.07) is 14.6. The van der Waals surface area contributed by atoms with E-state index in [4.69, 9.17) is 11.6 Å². The van der Waals surface area contributed by atoms with Crippen LogP contribution in [0.25, 0.3) is 5.69 Å². The molecule has 1 amide bonds. The number of nitrogens with one attached hydrogen (secondary N) is 1. The van der Waals surface area contributed by atoms with Gasteiger partial charge in [-0.05, 0) is 43.2 Å². The monoisotopic (exact) mass is 385 g/mol. The van der Waals surface area contributed by atoms with Gasteiger partial charge < -0.3 is 5.32 Å². The van der Waals surface area contributed by atoms with E-state index in [0.29, 0.717) is 23.7 Å². The van der Waals surface area contributed by atoms with Gasteiger partial charge in [0.15, 0.2) is 5.69 Å². The van der Waals surface area contributed by atoms with Crippen LogP contribution in [0.15, 0.2) is 59.4 Å². The van der Waals surface area contributed by atoms with Crippen molar-refractivity contribution in [1.29, 1.82) is 0 Å². The average molecular weight is 386 g/mol. The van der Waals surface area contributed by atoms with Gasteiger partial charge in [0.1, 0.15) is 11.5 Å². The van der Waals surface area contributed by atoms with Crippen LogP contribution >= 0.6 is 11.6 Å². The van der Waals surface area contributed by atoms with E-state index in [0.717, 1.165) is 5.56 Å². The number of para-hydroxylation sites is 1. The number of aryl methyl sites for hydroxylation is 1. The van der Waals surface area contributed by atoms with Crippen LogP contribution in [0.4, 0.5) is 4.39 Å². The average Bonchev–Trinajstić information content (AvgIpc) is 2.63. The van der Waals surface area contributed by atoms with Gasteiger partial charge in [0.25, 0.3) is 5.91 Å². The molecule has 0 bridgehead atoms. The quantitative estimate of drug-likeness (QED) is 0.732. The Bertz CT molecular complexity index is 1050. The zero-order valence-corrected chi connectivity index (χ0v) is 15.3. The molecule has 0 aliphatic rings. The van der Waals surface area contributed by atoms with Gasteiger partial charge in [-0.1, -0.05) is 35.9 Å². The minimum Gasteiger partial charge on any atom is -0.350 e. The van der Waals surface area contributed by atoms with E-state index < -0.39 is 17.2 Å². The fraction of sp³-hybridized carbons (Fsp3) is 0.150. The first-order valence-corrected chi connectivity index (χ1v) is 8.72. The molecule has 0 aliphatic heterocycles. The predicted molar refractivity (Wildman–Crippen MR) is 102 cm³/mol. The molecular formula is C20H17ClFN3O2. The molecule has 5 nitrogen and oxygen atoms in total. The molecule has 0 spiro atoms. The summed E-state index contributed by atoms with van der Waals surface area (Å²) in [4.78, 5) is 24.6. The number of aromatic nitrogens is 2. The Hall–Kier alpha value is -2.99. The van der Waals surface area contributed by atoms with Gasteiger partial charge in [0.05, 0.1) is 0 Å². The van der Waals surface area contributed by atoms with Crippen LogP contribution in [0, 0.1) is 12.7 Å². The second kappa shape index (κ2) is 8.14. The zero-order chi connectivity index (χ0) is 19.4. The molecular weight excluding hydrogens is 369 g/mol. The molecule has 1 aromatic heterocycles. The maximum atomic E-state index is 14.1. The smallest absolute Gasteiger partial charge is 0.275 e. The molecule has 2 aromatic carbocycles. The van der Waals surface area contributed by atoms with Gasteiger partial charge in [-0.2, -0.15) is 5.10 Å². The van der Waals surface area contributed by atoms with E-state index in [1.807, 2.05) is 18.2 Å². The second-order valence-electron chi connectivity index (χ2n) is 6.00. The van der Waals surface area contributed by atoms with Crippen LogP contribution in [0.1, 0.15) is 21.7 Å². The lowest BCUT2D eigenvalue weighted by Crippen LogP contribution is -2.33. The highest BCUT2D eigenvalue weighted by Gasteiger charge is 2.16. The predicted octanol–water partition coefficient (Wildman–Crippen LogP) is 3.31. The van der Waals surface area contributed by atoms with Crippen molar-refractivity contribution in [2.45, 2.75) is 13.3 Å². The first-order valence-electron chi connectivity index (χ1n) is 8.34. The topological polar surface area (TPSA) is 64.0 Å². The van der Waals surface area contributed by atoms with Gasteiger partial charge >= 0.3 is 0 Å². The van der Waals surface area contributed by atoms with Gasteiger partial charge in [0.2, 0.25) is 5.43 Å². The Morgan fingerprint density at radius 1 is 1.19 bits per heavy atom. The van der Waals surface area contributed by atoms with Gasteiger partial charge in [-0.15, -0.1) is 0 Å². The molecule has 0 unspecified atom stereocenters. The third-order valence-electron chi connectivity index (χ3n) is 3.99. The summed E-state index contributed by atoms with van der Waals surface area (Å²) < 4.78 is 15.3. The Morgan fingerprint density at radius 2 is 1.96 bits per heavy atom. The van der Waals surface area contributed by atoms with Crippen LogP contribution in [-0.4, -0.2) is 22.2 Å². The summed E-state index contributed by atoms with van der Waals surface area (Å²) in [6.45, 7) is 1.94. The lowest BCUT2D eigenvalue weighted by Gasteiger charge is -2.12. The number of amides is 1. The van der Waals surface area contributed by atoms with Crippen LogP contribution in [0.5, 0.6) is 0 Å². The number of nitrogens with zero attached hydrogens (tertiary/aromatic N) is 2. The zero-order valence-electron chi connectivity index (χ0n) is 14.6. The summed E-state index contributed by atoms with van der Waals surface area (Å²) in [5.74, 6) is -1.10. The number of carbonyl (C=O) groups is 1. The minimum absolute atomic E-state index is 0.169. The summed E-state index contributed by atoms with van der Waals surface area (Å²) in [5.41, 5.74) is 0.766. The highest BCUT2D eigenvalue weighted by atomic mass is 35.5. The molecule has 0 atom stereocenters. The van der Waals surface area contributed by atoms with E-state index in [2.05, 4.69) is 10.4 Å². The minimum atomic E-state index is -0.605. The van der Waals surface area contributed by atoms with Crippen molar-refractivity contribution in [2.24, 2.45) is 0 Å². The molecule has 0 radical (unpaired) electrons. The first-order chi connectivity index (χ1) is 13.0. The Morgan fingerprint density at radius 3 is 2.70 bits per heavy atom. The van der Waals surface area contributed by atoms with Crippen molar-refractivity contribution in [2.75, 3.05) is 6.54 Å². The number of hydrogen-bond acceptors (Lipinski definition) is 3. The van der Waals surface area contributed by atoms with E-state index in [9.17, 15) is 14.0 Å². The van der Waals surface area contributed by atoms with E-state index in [-0.39, 0.29) is 11.4 Å². The maximum absolute atomic E-state index is 14.1. The van der Waals surface area contributed by atoms with E-state index in [1.165, 1.54) is 22.9 Å². The lowest BCUT2D eigenvalue weighted by molar-refractivity contribution is 0.0946. The summed E-state index contributed by atoms with van der Waals surface area (Å²) >= 11 is 5.93. The van der Waals surface area contributed by atoms with Gasteiger partial charge in [-0.25, -0.2) is 9.07 Å². The Balaban J connectivity index is 1.79. The third-order valence-corrected chi connectivity index (χ3v) is 4.23. The van der Waals surface area contributed by atoms with Gasteiger partial charge in [-0.3, -0.25) is 9.59 Å². The number of carbonyl (C=O) groups excluding carboxylic acids is 1. The largest absolute Gasteiger partial charge is 0.350 e. The molecule has 0 fully saturated rings. The van der Waals surface area contributed by atoms with Crippen molar-refractivity contribution < 1.29 is 9.18 Å². The molecule has 3 aromatic rings. The molecule has 0 saturated carbocycles. The number of hydrogen-bond donors (Lipinski definition) is 1. The molecule has 1 heterocycles. The highest BCUT2D eigenvalue weighted by Crippen LogP contribution is 2.13. The van der Waals surface area contributed by atoms with Crippen LogP contribution in [0.2, 0.25) is 5.02 Å². The Labute approximate surface area is 160 Å². The van der Waals surface area contributed by atoms with Crippen molar-refractivity contribution in [3.63, 3.8) is 0 Å². The molecule has 27 heavy (non-hydrogen) atoms. The molecule has 3 rings (SSSR count). The standard InChI is InChI=1S/C20H17ClFN3O2/c1-13-11-18(26)19(24-25(13)17-8-3-2-7-16(17)22)20(27)23-10-9-14-5-4-6-15(21)12-14/h2-8,11-12H,9-10H2,1H3,(H,23,27). The summed E-state index contributed by atoms with van der Waals surface area (Å²) in [6.07, 6.45) is 0.555.